The van der Waals surface area contributed by atoms with Crippen molar-refractivity contribution in [1.29, 1.82) is 0 Å². The predicted molar refractivity (Wildman–Crippen MR) is 91.5 cm³/mol. The van der Waals surface area contributed by atoms with Crippen LogP contribution in [0.3, 0.4) is 0 Å². The highest BCUT2D eigenvalue weighted by atomic mass is 32.2. The van der Waals surface area contributed by atoms with Crippen LogP contribution in [-0.4, -0.2) is 26.5 Å². The SMILES string of the molecule is C[S@@](=O)c1ccccc1NC(=O)c1ccc(-c2noc(C(F)(F)F)n2)cc1. The summed E-state index contributed by atoms with van der Waals surface area (Å²) in [7, 11) is -1.28. The van der Waals surface area contributed by atoms with E-state index in [9.17, 15) is 22.2 Å². The highest BCUT2D eigenvalue weighted by Gasteiger charge is 2.38. The molecule has 0 aliphatic carbocycles. The first-order chi connectivity index (χ1) is 12.8. The Kier molecular flexibility index (Phi) is 5.08. The lowest BCUT2D eigenvalue weighted by Gasteiger charge is -2.09. The van der Waals surface area contributed by atoms with Crippen LogP contribution in [0, 0.1) is 0 Å². The molecule has 0 fully saturated rings. The Morgan fingerprint density at radius 3 is 2.37 bits per heavy atom. The molecule has 1 heterocycles. The summed E-state index contributed by atoms with van der Waals surface area (Å²) in [5.74, 6) is -2.13. The van der Waals surface area contributed by atoms with Crippen LogP contribution in [0.2, 0.25) is 0 Å². The number of hydrogen-bond donors (Lipinski definition) is 1. The van der Waals surface area contributed by atoms with Crippen LogP contribution in [0.4, 0.5) is 18.9 Å². The van der Waals surface area contributed by atoms with Crippen LogP contribution in [0.25, 0.3) is 11.4 Å². The number of halogens is 3. The summed E-state index contributed by atoms with van der Waals surface area (Å²) in [6.45, 7) is 0. The van der Waals surface area contributed by atoms with E-state index in [-0.39, 0.29) is 17.0 Å². The minimum absolute atomic E-state index is 0.235. The largest absolute Gasteiger partial charge is 0.471 e. The molecule has 1 amide bonds. The molecule has 0 radical (unpaired) electrons. The Morgan fingerprint density at radius 2 is 1.78 bits per heavy atom. The van der Waals surface area contributed by atoms with E-state index in [1.165, 1.54) is 30.5 Å². The molecule has 0 bridgehead atoms. The number of nitrogens with zero attached hydrogens (tertiary/aromatic N) is 2. The molecule has 1 aromatic heterocycles. The zero-order valence-electron chi connectivity index (χ0n) is 13.8. The molecule has 3 aromatic rings. The van der Waals surface area contributed by atoms with Crippen LogP contribution >= 0.6 is 0 Å². The maximum atomic E-state index is 12.5. The quantitative estimate of drug-likeness (QED) is 0.727. The maximum absolute atomic E-state index is 12.5. The number of para-hydroxylation sites is 1. The Morgan fingerprint density at radius 1 is 1.11 bits per heavy atom. The Balaban J connectivity index is 1.79. The van der Waals surface area contributed by atoms with Crippen molar-refractivity contribution in [2.75, 3.05) is 11.6 Å². The molecular weight excluding hydrogens is 383 g/mol. The summed E-state index contributed by atoms with van der Waals surface area (Å²) in [5, 5.41) is 5.95. The molecule has 1 atom stereocenters. The molecule has 27 heavy (non-hydrogen) atoms. The standard InChI is InChI=1S/C17H12F3N3O3S/c1-27(25)13-5-3-2-4-12(13)21-15(24)11-8-6-10(7-9-11)14-22-16(26-23-14)17(18,19)20/h2-9H,1H3,(H,21,24)/t27-/m1/s1. The van der Waals surface area contributed by atoms with Crippen LogP contribution < -0.4 is 5.32 Å². The Hall–Kier alpha value is -3.01. The molecule has 1 N–H and O–H groups in total. The van der Waals surface area contributed by atoms with Gasteiger partial charge in [-0.1, -0.05) is 29.4 Å². The fraction of sp³-hybridized carbons (Fsp3) is 0.118. The second-order valence-corrected chi connectivity index (χ2v) is 6.75. The van der Waals surface area contributed by atoms with Gasteiger partial charge in [-0.3, -0.25) is 9.00 Å². The summed E-state index contributed by atoms with van der Waals surface area (Å²) in [5.41, 5.74) is 0.941. The molecule has 0 saturated carbocycles. The summed E-state index contributed by atoms with van der Waals surface area (Å²) >= 11 is 0. The van der Waals surface area contributed by atoms with Crippen molar-refractivity contribution in [1.82, 2.24) is 10.1 Å². The van der Waals surface area contributed by atoms with Gasteiger partial charge in [0.25, 0.3) is 5.91 Å². The van der Waals surface area contributed by atoms with Gasteiger partial charge >= 0.3 is 12.1 Å². The fourth-order valence-corrected chi connectivity index (χ4v) is 2.94. The van der Waals surface area contributed by atoms with Gasteiger partial charge in [-0.05, 0) is 24.3 Å². The first kappa shape index (κ1) is 18.8. The van der Waals surface area contributed by atoms with E-state index >= 15 is 0 Å². The molecule has 0 spiro atoms. The normalized spacial score (nSPS) is 12.6. The first-order valence-electron chi connectivity index (χ1n) is 7.51. The summed E-state index contributed by atoms with van der Waals surface area (Å²) in [4.78, 5) is 16.1. The molecule has 6 nitrogen and oxygen atoms in total. The third kappa shape index (κ3) is 4.22. The smallest absolute Gasteiger partial charge is 0.329 e. The molecule has 0 aliphatic heterocycles. The van der Waals surface area contributed by atoms with Crippen molar-refractivity contribution in [3.8, 4) is 11.4 Å². The molecule has 0 aliphatic rings. The van der Waals surface area contributed by atoms with E-state index in [0.717, 1.165) is 0 Å². The van der Waals surface area contributed by atoms with E-state index in [4.69, 9.17) is 0 Å². The minimum atomic E-state index is -4.72. The van der Waals surface area contributed by atoms with E-state index < -0.39 is 28.8 Å². The molecule has 10 heteroatoms. The monoisotopic (exact) mass is 395 g/mol. The van der Waals surface area contributed by atoms with Crippen molar-refractivity contribution in [2.24, 2.45) is 0 Å². The number of rotatable bonds is 4. The average Bonchev–Trinajstić information content (AvgIpc) is 3.12. The average molecular weight is 395 g/mol. The third-order valence-corrected chi connectivity index (χ3v) is 4.49. The zero-order valence-corrected chi connectivity index (χ0v) is 14.6. The topological polar surface area (TPSA) is 85.1 Å². The van der Waals surface area contributed by atoms with Gasteiger partial charge in [0, 0.05) is 17.4 Å². The van der Waals surface area contributed by atoms with Crippen LogP contribution in [0.1, 0.15) is 16.2 Å². The minimum Gasteiger partial charge on any atom is -0.329 e. The number of amides is 1. The van der Waals surface area contributed by atoms with Gasteiger partial charge in [0.15, 0.2) is 0 Å². The lowest BCUT2D eigenvalue weighted by molar-refractivity contribution is -0.159. The molecular formula is C17H12F3N3O3S. The number of aromatic nitrogens is 2. The number of hydrogen-bond acceptors (Lipinski definition) is 5. The van der Waals surface area contributed by atoms with Gasteiger partial charge in [0.05, 0.1) is 21.4 Å². The van der Waals surface area contributed by atoms with Gasteiger partial charge in [-0.25, -0.2) is 0 Å². The van der Waals surface area contributed by atoms with E-state index in [1.807, 2.05) is 0 Å². The number of benzene rings is 2. The molecule has 0 saturated heterocycles. The second kappa shape index (κ2) is 7.31. The maximum Gasteiger partial charge on any atom is 0.471 e. The summed E-state index contributed by atoms with van der Waals surface area (Å²) in [6.07, 6.45) is -3.22. The predicted octanol–water partition coefficient (Wildman–Crippen LogP) is 3.75. The van der Waals surface area contributed by atoms with Crippen LogP contribution in [0.15, 0.2) is 57.9 Å². The lowest BCUT2D eigenvalue weighted by Crippen LogP contribution is -2.13. The number of carbonyl (C=O) groups excluding carboxylic acids is 1. The van der Waals surface area contributed by atoms with Gasteiger partial charge in [0.1, 0.15) is 0 Å². The summed E-state index contributed by atoms with van der Waals surface area (Å²) in [6, 6.07) is 12.3. The van der Waals surface area contributed by atoms with Crippen molar-refractivity contribution in [3.63, 3.8) is 0 Å². The van der Waals surface area contributed by atoms with Gasteiger partial charge in [0.2, 0.25) is 5.82 Å². The van der Waals surface area contributed by atoms with Gasteiger partial charge < -0.3 is 9.84 Å². The zero-order chi connectivity index (χ0) is 19.6. The highest BCUT2D eigenvalue weighted by molar-refractivity contribution is 7.84. The number of carbonyl (C=O) groups is 1. The Bertz CT molecular complexity index is 1000. The Labute approximate surface area is 153 Å². The van der Waals surface area contributed by atoms with Crippen molar-refractivity contribution >= 4 is 22.4 Å². The second-order valence-electron chi connectivity index (χ2n) is 5.40. The van der Waals surface area contributed by atoms with E-state index in [0.29, 0.717) is 10.6 Å². The van der Waals surface area contributed by atoms with Crippen molar-refractivity contribution < 1.29 is 26.7 Å². The number of anilines is 1. The molecule has 140 valence electrons. The van der Waals surface area contributed by atoms with Crippen molar-refractivity contribution in [2.45, 2.75) is 11.1 Å². The van der Waals surface area contributed by atoms with Crippen molar-refractivity contribution in [3.05, 3.63) is 60.0 Å². The fourth-order valence-electron chi connectivity index (χ4n) is 2.24. The van der Waals surface area contributed by atoms with Gasteiger partial charge in [-0.15, -0.1) is 0 Å². The molecule has 2 aromatic carbocycles. The lowest BCUT2D eigenvalue weighted by atomic mass is 10.1. The van der Waals surface area contributed by atoms with Crippen LogP contribution in [-0.2, 0) is 17.0 Å². The van der Waals surface area contributed by atoms with Crippen LogP contribution in [0.5, 0.6) is 0 Å². The third-order valence-electron chi connectivity index (χ3n) is 3.52. The number of nitrogens with one attached hydrogen (secondary N) is 1. The van der Waals surface area contributed by atoms with Gasteiger partial charge in [-0.2, -0.15) is 18.2 Å². The van der Waals surface area contributed by atoms with E-state index in [1.54, 1.807) is 24.3 Å². The first-order valence-corrected chi connectivity index (χ1v) is 9.06. The summed E-state index contributed by atoms with van der Waals surface area (Å²) < 4.78 is 53.4. The van der Waals surface area contributed by atoms with E-state index in [2.05, 4.69) is 20.0 Å². The highest BCUT2D eigenvalue weighted by Crippen LogP contribution is 2.29. The molecule has 0 unspecified atom stereocenters. The number of alkyl halides is 3. The molecule has 3 rings (SSSR count).